The Kier molecular flexibility index (Phi) is 5.32. The summed E-state index contributed by atoms with van der Waals surface area (Å²) in [5.41, 5.74) is -2.14. The number of anilines is 1. The molecule has 0 bridgehead atoms. The molecule has 3 aromatic rings. The van der Waals surface area contributed by atoms with Gasteiger partial charge in [0.1, 0.15) is 11.4 Å². The molecule has 1 saturated heterocycles. The summed E-state index contributed by atoms with van der Waals surface area (Å²) in [6.07, 6.45) is 0.923. The number of benzene rings is 2. The van der Waals surface area contributed by atoms with E-state index in [0.29, 0.717) is 15.6 Å². The molecule has 0 radical (unpaired) electrons. The van der Waals surface area contributed by atoms with E-state index in [1.807, 2.05) is 0 Å². The van der Waals surface area contributed by atoms with Crippen LogP contribution < -0.4 is 10.9 Å². The Bertz CT molecular complexity index is 1440. The Hall–Kier alpha value is -2.77. The molecule has 34 heavy (non-hydrogen) atoms. The van der Waals surface area contributed by atoms with Crippen molar-refractivity contribution in [2.45, 2.75) is 38.3 Å². The molecule has 1 aromatic heterocycles. The number of aromatic nitrogens is 1. The van der Waals surface area contributed by atoms with Crippen LogP contribution in [0.3, 0.4) is 0 Å². The first-order chi connectivity index (χ1) is 17.1. The molecular weight excluding hydrogens is 480 g/mol. The van der Waals surface area contributed by atoms with Gasteiger partial charge in [0, 0.05) is 40.5 Å². The fraction of sp³-hybridized carbons (Fsp3) is 0.360. The minimum atomic E-state index is -2.65. The summed E-state index contributed by atoms with van der Waals surface area (Å²) in [6, 6.07) is 8.95. The van der Waals surface area contributed by atoms with Gasteiger partial charge in [0.15, 0.2) is 0 Å². The topological polar surface area (TPSA) is 63.6 Å². The average molecular weight is 509 g/mol. The number of nitrogens with zero attached hydrogens (tertiary/aromatic N) is 2. The first kappa shape index (κ1) is 20.6. The summed E-state index contributed by atoms with van der Waals surface area (Å²) >= 11 is 12.7. The maximum absolute atomic E-state index is 15.3. The predicted molar refractivity (Wildman–Crippen MR) is 133 cm³/mol. The van der Waals surface area contributed by atoms with Gasteiger partial charge in [-0.1, -0.05) is 29.3 Å². The van der Waals surface area contributed by atoms with Gasteiger partial charge in [0.25, 0.3) is 5.56 Å². The monoisotopic (exact) mass is 508 g/mol. The first-order valence-electron chi connectivity index (χ1n) is 12.2. The number of amides is 1. The highest BCUT2D eigenvalue weighted by molar-refractivity contribution is 6.42. The minimum Gasteiger partial charge on any atom is -0.444 e. The molecule has 1 unspecified atom stereocenters. The van der Waals surface area contributed by atoms with E-state index >= 15 is 4.39 Å². The third-order valence-corrected chi connectivity index (χ3v) is 6.54. The number of nitrogens with one attached hydrogen (secondary N) is 1. The number of pyridine rings is 1. The summed E-state index contributed by atoms with van der Waals surface area (Å²) < 4.78 is 44.4. The van der Waals surface area contributed by atoms with Crippen molar-refractivity contribution < 1.29 is 18.0 Å². The van der Waals surface area contributed by atoms with E-state index in [1.165, 1.54) is 35.4 Å². The summed E-state index contributed by atoms with van der Waals surface area (Å²) in [7, 11) is 0. The molecule has 0 saturated carbocycles. The SMILES string of the molecule is [2H]C([2H])([2H])n1ccc2ccc(NC3(c4c(F)ccc(Cl)c4Cl)CCN(C(=O)OC(C)(C)C)C3)cc2c1=O. The predicted octanol–water partition coefficient (Wildman–Crippen LogP) is 5.93. The van der Waals surface area contributed by atoms with Gasteiger partial charge < -0.3 is 19.5 Å². The maximum atomic E-state index is 15.3. The molecule has 2 heterocycles. The molecule has 1 amide bonds. The number of carbonyl (C=O) groups excluding carboxylic acids is 1. The van der Waals surface area contributed by atoms with Crippen molar-refractivity contribution in [3.05, 3.63) is 74.4 Å². The Morgan fingerprint density at radius 3 is 2.71 bits per heavy atom. The van der Waals surface area contributed by atoms with Gasteiger partial charge in [-0.25, -0.2) is 9.18 Å². The molecule has 2 aromatic carbocycles. The van der Waals surface area contributed by atoms with E-state index in [1.54, 1.807) is 32.9 Å². The molecule has 1 atom stereocenters. The largest absolute Gasteiger partial charge is 0.444 e. The van der Waals surface area contributed by atoms with E-state index in [-0.39, 0.29) is 40.5 Å². The number of aryl methyl sites for hydroxylation is 1. The van der Waals surface area contributed by atoms with Crippen molar-refractivity contribution in [3.8, 4) is 0 Å². The molecule has 180 valence electrons. The zero-order valence-electron chi connectivity index (χ0n) is 21.9. The number of hydrogen-bond acceptors (Lipinski definition) is 4. The fourth-order valence-electron chi connectivity index (χ4n) is 4.22. The molecule has 4 rings (SSSR count). The van der Waals surface area contributed by atoms with Crippen LogP contribution in [0.5, 0.6) is 0 Å². The van der Waals surface area contributed by atoms with Gasteiger partial charge in [0.05, 0.1) is 22.1 Å². The first-order valence-corrected chi connectivity index (χ1v) is 11.4. The summed E-state index contributed by atoms with van der Waals surface area (Å²) in [5.74, 6) is -0.613. The maximum Gasteiger partial charge on any atom is 0.410 e. The minimum absolute atomic E-state index is 0.00518. The van der Waals surface area contributed by atoms with Crippen LogP contribution in [0, 0.1) is 5.82 Å². The van der Waals surface area contributed by atoms with Crippen molar-refractivity contribution in [1.82, 2.24) is 9.47 Å². The van der Waals surface area contributed by atoms with Crippen LogP contribution in [0.2, 0.25) is 10.0 Å². The van der Waals surface area contributed by atoms with Crippen LogP contribution in [0.25, 0.3) is 10.8 Å². The fourth-order valence-corrected chi connectivity index (χ4v) is 4.71. The van der Waals surface area contributed by atoms with Crippen LogP contribution in [0.4, 0.5) is 14.9 Å². The van der Waals surface area contributed by atoms with E-state index < -0.39 is 35.6 Å². The van der Waals surface area contributed by atoms with Gasteiger partial charge in [0.2, 0.25) is 0 Å². The molecule has 1 aliphatic heterocycles. The van der Waals surface area contributed by atoms with Crippen LogP contribution in [0.1, 0.15) is 36.9 Å². The van der Waals surface area contributed by atoms with Crippen LogP contribution >= 0.6 is 23.2 Å². The van der Waals surface area contributed by atoms with Gasteiger partial charge >= 0.3 is 6.09 Å². The lowest BCUT2D eigenvalue weighted by atomic mass is 9.87. The molecular formula is C25H26Cl2FN3O3. The zero-order valence-corrected chi connectivity index (χ0v) is 20.4. The van der Waals surface area contributed by atoms with Crippen molar-refractivity contribution in [2.24, 2.45) is 6.98 Å². The second kappa shape index (κ2) is 8.78. The Morgan fingerprint density at radius 1 is 1.24 bits per heavy atom. The van der Waals surface area contributed by atoms with Gasteiger partial charge in [-0.05, 0) is 62.9 Å². The third-order valence-electron chi connectivity index (χ3n) is 5.73. The summed E-state index contributed by atoms with van der Waals surface area (Å²) in [4.78, 5) is 27.3. The second-order valence-electron chi connectivity index (χ2n) is 9.37. The van der Waals surface area contributed by atoms with E-state index in [9.17, 15) is 9.59 Å². The van der Waals surface area contributed by atoms with Crippen molar-refractivity contribution in [1.29, 1.82) is 0 Å². The quantitative estimate of drug-likeness (QED) is 0.445. The van der Waals surface area contributed by atoms with Crippen molar-refractivity contribution >= 4 is 45.8 Å². The molecule has 1 aliphatic rings. The lowest BCUT2D eigenvalue weighted by Crippen LogP contribution is -2.42. The zero-order chi connectivity index (χ0) is 27.3. The van der Waals surface area contributed by atoms with Crippen molar-refractivity contribution in [2.75, 3.05) is 18.4 Å². The van der Waals surface area contributed by atoms with Crippen LogP contribution in [-0.4, -0.2) is 34.3 Å². The van der Waals surface area contributed by atoms with Gasteiger partial charge in [-0.15, -0.1) is 0 Å². The van der Waals surface area contributed by atoms with E-state index in [2.05, 4.69) is 5.32 Å². The summed E-state index contributed by atoms with van der Waals surface area (Å²) in [6.45, 7) is 2.85. The Labute approximate surface area is 211 Å². The summed E-state index contributed by atoms with van der Waals surface area (Å²) in [5, 5.41) is 4.14. The molecule has 0 spiro atoms. The Morgan fingerprint density at radius 2 is 2.00 bits per heavy atom. The molecule has 1 N–H and O–H groups in total. The lowest BCUT2D eigenvalue weighted by molar-refractivity contribution is 0.0286. The number of likely N-dealkylation sites (tertiary alicyclic amines) is 1. The molecule has 6 nitrogen and oxygen atoms in total. The smallest absolute Gasteiger partial charge is 0.410 e. The van der Waals surface area contributed by atoms with Crippen LogP contribution in [-0.2, 0) is 17.3 Å². The third kappa shape index (κ3) is 4.59. The average Bonchev–Trinajstić information content (AvgIpc) is 3.20. The normalized spacial score (nSPS) is 20.1. The number of fused-ring (bicyclic) bond motifs is 1. The number of rotatable bonds is 3. The van der Waals surface area contributed by atoms with Gasteiger partial charge in [-0.2, -0.15) is 0 Å². The molecule has 9 heteroatoms. The number of hydrogen-bond donors (Lipinski definition) is 1. The lowest BCUT2D eigenvalue weighted by Gasteiger charge is -2.34. The standard InChI is InChI=1S/C25H26Cl2FN3O3/c1-24(2,3)34-23(33)31-12-10-25(14-31,20-19(28)8-7-18(26)21(20)27)29-16-6-5-15-9-11-30(4)22(32)17(15)13-16/h5-9,11,13,29H,10,12,14H2,1-4H3/i4D3. The number of carbonyl (C=O) groups is 1. The van der Waals surface area contributed by atoms with E-state index in [4.69, 9.17) is 32.1 Å². The van der Waals surface area contributed by atoms with Crippen molar-refractivity contribution in [3.63, 3.8) is 0 Å². The number of halogens is 3. The highest BCUT2D eigenvalue weighted by atomic mass is 35.5. The second-order valence-corrected chi connectivity index (χ2v) is 10.2. The van der Waals surface area contributed by atoms with Crippen LogP contribution in [0.15, 0.2) is 47.4 Å². The molecule has 1 fully saturated rings. The highest BCUT2D eigenvalue weighted by Crippen LogP contribution is 2.43. The van der Waals surface area contributed by atoms with E-state index in [0.717, 1.165) is 0 Å². The number of ether oxygens (including phenoxy) is 1. The molecule has 0 aliphatic carbocycles. The highest BCUT2D eigenvalue weighted by Gasteiger charge is 2.46. The Balaban J connectivity index is 1.81. The van der Waals surface area contributed by atoms with Gasteiger partial charge in [-0.3, -0.25) is 4.79 Å².